The summed E-state index contributed by atoms with van der Waals surface area (Å²) in [7, 11) is 0. The van der Waals surface area contributed by atoms with Crippen molar-refractivity contribution in [3.05, 3.63) is 29.1 Å². The van der Waals surface area contributed by atoms with Crippen LogP contribution < -0.4 is 0 Å². The second-order valence-corrected chi connectivity index (χ2v) is 4.57. The Balaban J connectivity index is 2.19. The molecule has 1 N–H and O–H groups in total. The first-order chi connectivity index (χ1) is 7.68. The van der Waals surface area contributed by atoms with Crippen LogP contribution in [-0.4, -0.2) is 28.8 Å². The van der Waals surface area contributed by atoms with Crippen molar-refractivity contribution in [1.82, 2.24) is 9.88 Å². The highest BCUT2D eigenvalue weighted by Crippen LogP contribution is 2.14. The SMILES string of the molecule is Cc1cnc(C(=N)N2CCCCC2)c(C)c1. The van der Waals surface area contributed by atoms with Crippen molar-refractivity contribution in [2.24, 2.45) is 0 Å². The quantitative estimate of drug-likeness (QED) is 0.580. The summed E-state index contributed by atoms with van der Waals surface area (Å²) in [6, 6.07) is 2.10. The van der Waals surface area contributed by atoms with Gasteiger partial charge in [0.05, 0.1) is 0 Å². The van der Waals surface area contributed by atoms with E-state index in [1.807, 2.05) is 20.0 Å². The zero-order valence-corrected chi connectivity index (χ0v) is 10.1. The maximum absolute atomic E-state index is 8.20. The zero-order valence-electron chi connectivity index (χ0n) is 10.1. The molecule has 1 aliphatic rings. The maximum Gasteiger partial charge on any atom is 0.147 e. The first kappa shape index (κ1) is 11.1. The van der Waals surface area contributed by atoms with E-state index in [9.17, 15) is 0 Å². The highest BCUT2D eigenvalue weighted by Gasteiger charge is 2.17. The normalized spacial score (nSPS) is 16.2. The summed E-state index contributed by atoms with van der Waals surface area (Å²) in [6.07, 6.45) is 5.55. The minimum Gasteiger partial charge on any atom is -0.355 e. The number of rotatable bonds is 1. The van der Waals surface area contributed by atoms with E-state index >= 15 is 0 Å². The Hall–Kier alpha value is -1.38. The van der Waals surface area contributed by atoms with Crippen LogP contribution in [0.2, 0.25) is 0 Å². The summed E-state index contributed by atoms with van der Waals surface area (Å²) in [5.41, 5.74) is 3.11. The summed E-state index contributed by atoms with van der Waals surface area (Å²) in [4.78, 5) is 6.53. The van der Waals surface area contributed by atoms with Crippen LogP contribution in [0.25, 0.3) is 0 Å². The average Bonchev–Trinajstić information content (AvgIpc) is 2.29. The minimum atomic E-state index is 0.595. The fourth-order valence-electron chi connectivity index (χ4n) is 2.23. The van der Waals surface area contributed by atoms with Gasteiger partial charge in [-0.2, -0.15) is 0 Å². The highest BCUT2D eigenvalue weighted by molar-refractivity contribution is 5.95. The van der Waals surface area contributed by atoms with Gasteiger partial charge in [-0.15, -0.1) is 0 Å². The van der Waals surface area contributed by atoms with E-state index in [1.54, 1.807) is 0 Å². The Morgan fingerprint density at radius 1 is 1.25 bits per heavy atom. The number of hydrogen-bond acceptors (Lipinski definition) is 2. The maximum atomic E-state index is 8.20. The molecular weight excluding hydrogens is 198 g/mol. The van der Waals surface area contributed by atoms with Gasteiger partial charge in [-0.1, -0.05) is 6.07 Å². The number of amidine groups is 1. The second-order valence-electron chi connectivity index (χ2n) is 4.57. The zero-order chi connectivity index (χ0) is 11.5. The van der Waals surface area contributed by atoms with Crippen molar-refractivity contribution in [1.29, 1.82) is 5.41 Å². The lowest BCUT2D eigenvalue weighted by molar-refractivity contribution is 0.340. The van der Waals surface area contributed by atoms with Gasteiger partial charge in [-0.3, -0.25) is 10.4 Å². The monoisotopic (exact) mass is 217 g/mol. The van der Waals surface area contributed by atoms with E-state index < -0.39 is 0 Å². The number of aromatic nitrogens is 1. The van der Waals surface area contributed by atoms with Crippen molar-refractivity contribution >= 4 is 5.84 Å². The Labute approximate surface area is 97.0 Å². The van der Waals surface area contributed by atoms with Crippen LogP contribution in [0.3, 0.4) is 0 Å². The molecule has 1 fully saturated rings. The summed E-state index contributed by atoms with van der Waals surface area (Å²) in [5, 5.41) is 8.20. The molecule has 0 radical (unpaired) electrons. The molecule has 1 saturated heterocycles. The molecule has 0 amide bonds. The molecule has 0 saturated carbocycles. The molecule has 2 rings (SSSR count). The van der Waals surface area contributed by atoms with Gasteiger partial charge in [-0.05, 0) is 44.2 Å². The number of pyridine rings is 1. The Morgan fingerprint density at radius 2 is 1.94 bits per heavy atom. The van der Waals surface area contributed by atoms with Crippen molar-refractivity contribution in [2.45, 2.75) is 33.1 Å². The molecule has 0 aromatic carbocycles. The van der Waals surface area contributed by atoms with E-state index in [4.69, 9.17) is 5.41 Å². The second kappa shape index (κ2) is 4.64. The van der Waals surface area contributed by atoms with Gasteiger partial charge in [-0.25, -0.2) is 0 Å². The Morgan fingerprint density at radius 3 is 2.56 bits per heavy atom. The van der Waals surface area contributed by atoms with E-state index in [-0.39, 0.29) is 0 Å². The van der Waals surface area contributed by atoms with Gasteiger partial charge in [0.15, 0.2) is 0 Å². The van der Waals surface area contributed by atoms with Gasteiger partial charge >= 0.3 is 0 Å². The largest absolute Gasteiger partial charge is 0.355 e. The molecule has 2 heterocycles. The molecule has 3 nitrogen and oxygen atoms in total. The van der Waals surface area contributed by atoms with Crippen molar-refractivity contribution < 1.29 is 0 Å². The summed E-state index contributed by atoms with van der Waals surface area (Å²) >= 11 is 0. The summed E-state index contributed by atoms with van der Waals surface area (Å²) in [6.45, 7) is 6.09. The third-order valence-corrected chi connectivity index (χ3v) is 3.11. The summed E-state index contributed by atoms with van der Waals surface area (Å²) < 4.78 is 0. The number of aryl methyl sites for hydroxylation is 2. The third kappa shape index (κ3) is 2.23. The van der Waals surface area contributed by atoms with Crippen molar-refractivity contribution in [3.8, 4) is 0 Å². The van der Waals surface area contributed by atoms with Gasteiger partial charge in [0, 0.05) is 19.3 Å². The molecule has 0 bridgehead atoms. The molecule has 1 aromatic heterocycles. The average molecular weight is 217 g/mol. The molecule has 86 valence electrons. The molecular formula is C13H19N3. The molecule has 0 unspecified atom stereocenters. The molecule has 16 heavy (non-hydrogen) atoms. The smallest absolute Gasteiger partial charge is 0.147 e. The first-order valence-electron chi connectivity index (χ1n) is 5.95. The third-order valence-electron chi connectivity index (χ3n) is 3.11. The lowest BCUT2D eigenvalue weighted by Crippen LogP contribution is -2.36. The Bertz CT molecular complexity index is 392. The van der Waals surface area contributed by atoms with Gasteiger partial charge in [0.1, 0.15) is 11.5 Å². The fraction of sp³-hybridized carbons (Fsp3) is 0.538. The van der Waals surface area contributed by atoms with Crippen LogP contribution in [0, 0.1) is 19.3 Å². The highest BCUT2D eigenvalue weighted by atomic mass is 15.2. The number of likely N-dealkylation sites (tertiary alicyclic amines) is 1. The van der Waals surface area contributed by atoms with E-state index in [2.05, 4.69) is 16.0 Å². The van der Waals surface area contributed by atoms with Crippen LogP contribution in [0.1, 0.15) is 36.1 Å². The molecule has 0 atom stereocenters. The molecule has 1 aromatic rings. The molecule has 1 aliphatic heterocycles. The molecule has 3 heteroatoms. The standard InChI is InChI=1S/C13H19N3/c1-10-8-11(2)12(15-9-10)13(14)16-6-4-3-5-7-16/h8-9,14H,3-7H2,1-2H3. The van der Waals surface area contributed by atoms with E-state index in [1.165, 1.54) is 19.3 Å². The van der Waals surface area contributed by atoms with E-state index in [0.29, 0.717) is 5.84 Å². The predicted octanol–water partition coefficient (Wildman–Crippen LogP) is 2.51. The molecule has 0 spiro atoms. The van der Waals surface area contributed by atoms with Gasteiger partial charge < -0.3 is 4.90 Å². The number of piperidine rings is 1. The number of hydrogen-bond donors (Lipinski definition) is 1. The number of nitrogens with zero attached hydrogens (tertiary/aromatic N) is 2. The Kier molecular flexibility index (Phi) is 3.22. The number of nitrogens with one attached hydrogen (secondary N) is 1. The van der Waals surface area contributed by atoms with Crippen LogP contribution >= 0.6 is 0 Å². The van der Waals surface area contributed by atoms with Gasteiger partial charge in [0.25, 0.3) is 0 Å². The van der Waals surface area contributed by atoms with E-state index in [0.717, 1.165) is 29.9 Å². The first-order valence-corrected chi connectivity index (χ1v) is 5.95. The topological polar surface area (TPSA) is 40.0 Å². The minimum absolute atomic E-state index is 0.595. The lowest BCUT2D eigenvalue weighted by Gasteiger charge is -2.29. The van der Waals surface area contributed by atoms with Crippen molar-refractivity contribution in [3.63, 3.8) is 0 Å². The van der Waals surface area contributed by atoms with Crippen LogP contribution in [-0.2, 0) is 0 Å². The molecule has 0 aliphatic carbocycles. The van der Waals surface area contributed by atoms with Crippen LogP contribution in [0.5, 0.6) is 0 Å². The lowest BCUT2D eigenvalue weighted by atomic mass is 10.1. The predicted molar refractivity (Wildman–Crippen MR) is 66.0 cm³/mol. The van der Waals surface area contributed by atoms with Crippen LogP contribution in [0.4, 0.5) is 0 Å². The van der Waals surface area contributed by atoms with Gasteiger partial charge in [0.2, 0.25) is 0 Å². The fourth-order valence-corrected chi connectivity index (χ4v) is 2.23. The summed E-state index contributed by atoms with van der Waals surface area (Å²) in [5.74, 6) is 0.595. The van der Waals surface area contributed by atoms with Crippen LogP contribution in [0.15, 0.2) is 12.3 Å². The van der Waals surface area contributed by atoms with Crippen molar-refractivity contribution in [2.75, 3.05) is 13.1 Å².